The van der Waals surface area contributed by atoms with E-state index >= 15 is 0 Å². The summed E-state index contributed by atoms with van der Waals surface area (Å²) >= 11 is 0. The van der Waals surface area contributed by atoms with Gasteiger partial charge in [0, 0.05) is 30.9 Å². The number of benzene rings is 1. The molecular formula is C28H32F3N5O5. The van der Waals surface area contributed by atoms with Gasteiger partial charge in [0.15, 0.2) is 0 Å². The number of H-pyrrole nitrogens is 1. The quantitative estimate of drug-likeness (QED) is 0.515. The molecule has 0 bridgehead atoms. The molecule has 1 aromatic carbocycles. The van der Waals surface area contributed by atoms with Crippen LogP contribution in [0, 0.1) is 11.3 Å². The molecule has 2 N–H and O–H groups in total. The summed E-state index contributed by atoms with van der Waals surface area (Å²) in [4.78, 5) is 49.6. The molecule has 10 nitrogen and oxygen atoms in total. The summed E-state index contributed by atoms with van der Waals surface area (Å²) < 4.78 is 44.5. The second-order valence-corrected chi connectivity index (χ2v) is 11.4. The van der Waals surface area contributed by atoms with Gasteiger partial charge in [-0.15, -0.1) is 0 Å². The minimum absolute atomic E-state index is 0.0159. The number of alkyl halides is 3. The van der Waals surface area contributed by atoms with Gasteiger partial charge in [-0.25, -0.2) is 9.78 Å². The predicted molar refractivity (Wildman–Crippen MR) is 140 cm³/mol. The highest BCUT2D eigenvalue weighted by molar-refractivity contribution is 5.87. The van der Waals surface area contributed by atoms with Crippen LogP contribution in [0.5, 0.6) is 0 Å². The van der Waals surface area contributed by atoms with Crippen molar-refractivity contribution in [1.29, 1.82) is 5.26 Å². The van der Waals surface area contributed by atoms with Gasteiger partial charge in [0.2, 0.25) is 5.91 Å². The van der Waals surface area contributed by atoms with Gasteiger partial charge >= 0.3 is 12.3 Å². The number of halogens is 3. The number of likely N-dealkylation sites (tertiary alicyclic amines) is 1. The molecule has 0 saturated carbocycles. The zero-order valence-corrected chi connectivity index (χ0v) is 23.0. The Morgan fingerprint density at radius 3 is 2.49 bits per heavy atom. The van der Waals surface area contributed by atoms with Gasteiger partial charge in [-0.3, -0.25) is 14.5 Å². The van der Waals surface area contributed by atoms with Crippen LogP contribution in [0.2, 0.25) is 0 Å². The minimum Gasteiger partial charge on any atom is -0.444 e. The Balaban J connectivity index is 1.65. The fourth-order valence-electron chi connectivity index (χ4n) is 5.17. The van der Waals surface area contributed by atoms with Crippen LogP contribution in [0.4, 0.5) is 18.0 Å². The monoisotopic (exact) mass is 575 g/mol. The molecule has 0 aliphatic carbocycles. The highest BCUT2D eigenvalue weighted by atomic mass is 19.4. The number of aromatic nitrogens is 2. The lowest BCUT2D eigenvalue weighted by atomic mass is 9.90. The van der Waals surface area contributed by atoms with Crippen molar-refractivity contribution in [2.24, 2.45) is 0 Å². The molecule has 41 heavy (non-hydrogen) atoms. The van der Waals surface area contributed by atoms with Gasteiger partial charge in [-0.1, -0.05) is 12.1 Å². The number of carbonyl (C=O) groups is 2. The van der Waals surface area contributed by atoms with Gasteiger partial charge in [0.25, 0.3) is 5.56 Å². The second-order valence-electron chi connectivity index (χ2n) is 11.4. The Kier molecular flexibility index (Phi) is 8.44. The molecule has 2 aliphatic heterocycles. The van der Waals surface area contributed by atoms with Crippen LogP contribution in [0.15, 0.2) is 29.1 Å². The molecular weight excluding hydrogens is 543 g/mol. The van der Waals surface area contributed by atoms with E-state index in [1.165, 1.54) is 21.9 Å². The zero-order chi connectivity index (χ0) is 30.1. The smallest absolute Gasteiger partial charge is 0.416 e. The predicted octanol–water partition coefficient (Wildman–Crippen LogP) is 3.95. The number of rotatable bonds is 5. The van der Waals surface area contributed by atoms with Crippen LogP contribution >= 0.6 is 0 Å². The lowest BCUT2D eigenvalue weighted by Crippen LogP contribution is -2.51. The molecule has 220 valence electrons. The molecule has 3 atom stereocenters. The van der Waals surface area contributed by atoms with Crippen LogP contribution in [0.25, 0.3) is 11.4 Å². The SMILES string of the molecule is CC(C)(C)OC(=O)N1C[C@H](O)C[C@H]1C(=O)N1Cc2c(nc(-c3ccc(C(F)(F)F)cc3)[nH]c2=O)C(CCCC#N)C1. The van der Waals surface area contributed by atoms with Crippen molar-refractivity contribution >= 4 is 12.0 Å². The number of amides is 2. The molecule has 0 spiro atoms. The highest BCUT2D eigenvalue weighted by Gasteiger charge is 2.44. The van der Waals surface area contributed by atoms with Crippen molar-refractivity contribution < 1.29 is 32.6 Å². The van der Waals surface area contributed by atoms with E-state index in [2.05, 4.69) is 16.0 Å². The molecule has 2 aromatic rings. The first kappa shape index (κ1) is 30.0. The van der Waals surface area contributed by atoms with Gasteiger partial charge in [0.1, 0.15) is 17.5 Å². The third-order valence-electron chi connectivity index (χ3n) is 7.05. The fourth-order valence-corrected chi connectivity index (χ4v) is 5.17. The third-order valence-corrected chi connectivity index (χ3v) is 7.05. The Labute approximate surface area is 234 Å². The van der Waals surface area contributed by atoms with E-state index in [4.69, 9.17) is 10.00 Å². The minimum atomic E-state index is -4.51. The largest absolute Gasteiger partial charge is 0.444 e. The maximum absolute atomic E-state index is 13.7. The lowest BCUT2D eigenvalue weighted by molar-refractivity contribution is -0.138. The lowest BCUT2D eigenvalue weighted by Gasteiger charge is -2.36. The summed E-state index contributed by atoms with van der Waals surface area (Å²) in [5.41, 5.74) is -1.24. The molecule has 1 aromatic heterocycles. The maximum Gasteiger partial charge on any atom is 0.416 e. The number of aliphatic hydroxyl groups excluding tert-OH is 1. The number of ether oxygens (including phenoxy) is 1. The number of aliphatic hydroxyl groups is 1. The summed E-state index contributed by atoms with van der Waals surface area (Å²) in [5, 5.41) is 19.3. The second kappa shape index (κ2) is 11.5. The number of nitrogens with one attached hydrogen (secondary N) is 1. The summed E-state index contributed by atoms with van der Waals surface area (Å²) in [7, 11) is 0. The van der Waals surface area contributed by atoms with E-state index in [1.54, 1.807) is 20.8 Å². The molecule has 1 unspecified atom stereocenters. The van der Waals surface area contributed by atoms with Crippen LogP contribution in [0.3, 0.4) is 0 Å². The van der Waals surface area contributed by atoms with Crippen molar-refractivity contribution in [3.8, 4) is 17.5 Å². The molecule has 1 fully saturated rings. The fraction of sp³-hybridized carbons (Fsp3) is 0.536. The number of carbonyl (C=O) groups excluding carboxylic acids is 2. The summed E-state index contributed by atoms with van der Waals surface area (Å²) in [5.74, 6) is -0.787. The highest BCUT2D eigenvalue weighted by Crippen LogP contribution is 2.34. The Morgan fingerprint density at radius 1 is 1.20 bits per heavy atom. The summed E-state index contributed by atoms with van der Waals surface area (Å²) in [6.45, 7) is 5.06. The van der Waals surface area contributed by atoms with Crippen LogP contribution in [-0.4, -0.2) is 67.7 Å². The normalized spacial score (nSPS) is 20.9. The van der Waals surface area contributed by atoms with Crippen molar-refractivity contribution in [3.63, 3.8) is 0 Å². The van der Waals surface area contributed by atoms with Crippen molar-refractivity contribution in [1.82, 2.24) is 19.8 Å². The Bertz CT molecular complexity index is 1390. The van der Waals surface area contributed by atoms with E-state index in [-0.39, 0.29) is 43.9 Å². The number of unbranched alkanes of at least 4 members (excludes halogenated alkanes) is 1. The average molecular weight is 576 g/mol. The van der Waals surface area contributed by atoms with Crippen LogP contribution in [0.1, 0.15) is 69.2 Å². The standard InChI is InChI=1S/C28H32F3N5O5/c1-27(2,3)41-26(40)36-14-19(37)12-21(36)25(39)35-13-17(6-4-5-11-32)22-20(15-35)24(38)34-23(33-22)16-7-9-18(10-8-16)28(29,30)31/h7-10,17,19,21,37H,4-6,12-15H2,1-3H3,(H,33,34,38)/t17?,19-,21+/m1/s1. The topological polar surface area (TPSA) is 140 Å². The van der Waals surface area contributed by atoms with Crippen LogP contribution in [-0.2, 0) is 22.3 Å². The van der Waals surface area contributed by atoms with Crippen molar-refractivity contribution in [2.45, 2.75) is 82.8 Å². The molecule has 3 heterocycles. The van der Waals surface area contributed by atoms with E-state index in [1.807, 2.05) is 0 Å². The van der Waals surface area contributed by atoms with E-state index < -0.39 is 53.0 Å². The zero-order valence-electron chi connectivity index (χ0n) is 23.0. The molecule has 4 rings (SSSR count). The van der Waals surface area contributed by atoms with Crippen molar-refractivity contribution in [3.05, 3.63) is 51.4 Å². The number of hydrogen-bond donors (Lipinski definition) is 2. The molecule has 2 amide bonds. The molecule has 0 radical (unpaired) electrons. The maximum atomic E-state index is 13.7. The first-order valence-corrected chi connectivity index (χ1v) is 13.3. The van der Waals surface area contributed by atoms with Gasteiger partial charge < -0.3 is 19.7 Å². The number of aromatic amines is 1. The number of fused-ring (bicyclic) bond motifs is 1. The molecule has 13 heteroatoms. The number of nitrogens with zero attached hydrogens (tertiary/aromatic N) is 4. The Morgan fingerprint density at radius 2 is 1.88 bits per heavy atom. The van der Waals surface area contributed by atoms with Crippen LogP contribution < -0.4 is 5.56 Å². The average Bonchev–Trinajstić information content (AvgIpc) is 3.29. The van der Waals surface area contributed by atoms with Crippen molar-refractivity contribution in [2.75, 3.05) is 13.1 Å². The summed E-state index contributed by atoms with van der Waals surface area (Å²) in [6, 6.07) is 5.36. The molecule has 1 saturated heterocycles. The molecule has 2 aliphatic rings. The number of nitriles is 1. The Hall–Kier alpha value is -3.92. The van der Waals surface area contributed by atoms with Gasteiger partial charge in [-0.05, 0) is 45.7 Å². The van der Waals surface area contributed by atoms with E-state index in [0.29, 0.717) is 24.1 Å². The first-order chi connectivity index (χ1) is 19.2. The van der Waals surface area contributed by atoms with Gasteiger partial charge in [-0.2, -0.15) is 18.4 Å². The van der Waals surface area contributed by atoms with E-state index in [0.717, 1.165) is 12.1 Å². The number of β-amino-alcohol motifs (C(OH)–C–C–N with tert-alkyl or cyclic N) is 1. The number of hydrogen-bond acceptors (Lipinski definition) is 7. The third kappa shape index (κ3) is 6.87. The first-order valence-electron chi connectivity index (χ1n) is 13.3. The summed E-state index contributed by atoms with van der Waals surface area (Å²) in [6.07, 6.45) is -4.99. The van der Waals surface area contributed by atoms with E-state index in [9.17, 15) is 32.7 Å². The van der Waals surface area contributed by atoms with Gasteiger partial charge in [0.05, 0.1) is 42.1 Å².